The maximum absolute atomic E-state index is 5.38. The van der Waals surface area contributed by atoms with Crippen LogP contribution in [-0.4, -0.2) is 30.7 Å². The lowest BCUT2D eigenvalue weighted by molar-refractivity contribution is 0.355. The molecule has 0 aliphatic carbocycles. The van der Waals surface area contributed by atoms with E-state index in [4.69, 9.17) is 9.47 Å². The molecule has 1 N–H and O–H groups in total. The van der Waals surface area contributed by atoms with E-state index in [0.717, 1.165) is 35.2 Å². The zero-order valence-corrected chi connectivity index (χ0v) is 13.2. The molecule has 2 aromatic carbocycles. The summed E-state index contributed by atoms with van der Waals surface area (Å²) >= 11 is 0. The molecule has 0 saturated heterocycles. The van der Waals surface area contributed by atoms with Gasteiger partial charge in [-0.25, -0.2) is 9.97 Å². The minimum Gasteiger partial charge on any atom is -0.493 e. The largest absolute Gasteiger partial charge is 0.493 e. The second-order valence-corrected chi connectivity index (χ2v) is 5.09. The van der Waals surface area contributed by atoms with E-state index < -0.39 is 0 Å². The number of aromatic nitrogens is 2. The first-order valence-corrected chi connectivity index (χ1v) is 7.46. The number of ether oxygens (including phenoxy) is 2. The average Bonchev–Trinajstić information content (AvgIpc) is 2.61. The Morgan fingerprint density at radius 3 is 2.43 bits per heavy atom. The van der Waals surface area contributed by atoms with Crippen molar-refractivity contribution < 1.29 is 9.47 Å². The Balaban J connectivity index is 1.83. The van der Waals surface area contributed by atoms with E-state index in [1.807, 2.05) is 42.5 Å². The van der Waals surface area contributed by atoms with Gasteiger partial charge in [0.05, 0.1) is 25.4 Å². The summed E-state index contributed by atoms with van der Waals surface area (Å²) in [6, 6.07) is 13.9. The van der Waals surface area contributed by atoms with Crippen molar-refractivity contribution in [3.8, 4) is 11.5 Å². The number of benzene rings is 2. The van der Waals surface area contributed by atoms with Gasteiger partial charge in [-0.15, -0.1) is 0 Å². The molecule has 5 nitrogen and oxygen atoms in total. The van der Waals surface area contributed by atoms with Gasteiger partial charge in [-0.05, 0) is 18.2 Å². The summed E-state index contributed by atoms with van der Waals surface area (Å²) < 4.78 is 10.7. The van der Waals surface area contributed by atoms with Gasteiger partial charge in [0.2, 0.25) is 0 Å². The Hall–Kier alpha value is -2.82. The Morgan fingerprint density at radius 2 is 1.70 bits per heavy atom. The molecule has 1 heterocycles. The third kappa shape index (κ3) is 3.34. The average molecular weight is 309 g/mol. The van der Waals surface area contributed by atoms with E-state index in [2.05, 4.69) is 15.3 Å². The lowest BCUT2D eigenvalue weighted by Crippen LogP contribution is -2.07. The molecule has 23 heavy (non-hydrogen) atoms. The van der Waals surface area contributed by atoms with Gasteiger partial charge < -0.3 is 14.8 Å². The zero-order valence-electron chi connectivity index (χ0n) is 13.2. The zero-order chi connectivity index (χ0) is 16.1. The van der Waals surface area contributed by atoms with Gasteiger partial charge in [-0.1, -0.05) is 18.2 Å². The minimum absolute atomic E-state index is 0.673. The van der Waals surface area contributed by atoms with Crippen molar-refractivity contribution in [1.82, 2.24) is 9.97 Å². The predicted octanol–water partition coefficient (Wildman–Crippen LogP) is 3.30. The first kappa shape index (κ1) is 15.1. The summed E-state index contributed by atoms with van der Waals surface area (Å²) in [7, 11) is 3.25. The number of hydrogen-bond acceptors (Lipinski definition) is 5. The predicted molar refractivity (Wildman–Crippen MR) is 91.3 cm³/mol. The van der Waals surface area contributed by atoms with E-state index in [9.17, 15) is 0 Å². The van der Waals surface area contributed by atoms with E-state index >= 15 is 0 Å². The van der Waals surface area contributed by atoms with Gasteiger partial charge in [-0.2, -0.15) is 0 Å². The summed E-state index contributed by atoms with van der Waals surface area (Å²) in [6.07, 6.45) is 2.38. The monoisotopic (exact) mass is 309 g/mol. The van der Waals surface area contributed by atoms with Crippen LogP contribution in [0, 0.1) is 0 Å². The maximum atomic E-state index is 5.38. The van der Waals surface area contributed by atoms with Crippen LogP contribution >= 0.6 is 0 Å². The molecular formula is C18H19N3O2. The molecular weight excluding hydrogens is 290 g/mol. The smallest absolute Gasteiger partial charge is 0.162 e. The van der Waals surface area contributed by atoms with Crippen molar-refractivity contribution in [3.05, 3.63) is 54.5 Å². The van der Waals surface area contributed by atoms with Gasteiger partial charge in [0, 0.05) is 30.1 Å². The molecule has 1 aromatic heterocycles. The number of rotatable bonds is 6. The SMILES string of the molecule is COc1cc2ncnc(CCNc3ccccc3)c2cc1OC. The third-order valence-corrected chi connectivity index (χ3v) is 3.69. The molecule has 0 atom stereocenters. The Labute approximate surface area is 135 Å². The second kappa shape index (κ2) is 6.96. The van der Waals surface area contributed by atoms with Gasteiger partial charge >= 0.3 is 0 Å². The van der Waals surface area contributed by atoms with E-state index in [1.54, 1.807) is 20.5 Å². The van der Waals surface area contributed by atoms with Gasteiger partial charge in [-0.3, -0.25) is 0 Å². The van der Waals surface area contributed by atoms with Crippen LogP contribution in [0.15, 0.2) is 48.8 Å². The highest BCUT2D eigenvalue weighted by Gasteiger charge is 2.10. The highest BCUT2D eigenvalue weighted by atomic mass is 16.5. The third-order valence-electron chi connectivity index (χ3n) is 3.69. The second-order valence-electron chi connectivity index (χ2n) is 5.09. The van der Waals surface area contributed by atoms with E-state index in [-0.39, 0.29) is 0 Å². The normalized spacial score (nSPS) is 10.5. The standard InChI is InChI=1S/C18H19N3O2/c1-22-17-10-14-15(8-9-19-13-6-4-3-5-7-13)20-12-21-16(14)11-18(17)23-2/h3-7,10-12,19H,8-9H2,1-2H3. The number of para-hydroxylation sites is 1. The summed E-state index contributed by atoms with van der Waals surface area (Å²) in [5.41, 5.74) is 2.94. The molecule has 0 radical (unpaired) electrons. The van der Waals surface area contributed by atoms with Crippen LogP contribution in [0.5, 0.6) is 11.5 Å². The van der Waals surface area contributed by atoms with Crippen LogP contribution in [0.1, 0.15) is 5.69 Å². The van der Waals surface area contributed by atoms with Crippen molar-refractivity contribution in [2.75, 3.05) is 26.1 Å². The molecule has 3 rings (SSSR count). The molecule has 118 valence electrons. The fourth-order valence-corrected chi connectivity index (χ4v) is 2.52. The highest BCUT2D eigenvalue weighted by molar-refractivity contribution is 5.84. The number of nitrogens with zero attached hydrogens (tertiary/aromatic N) is 2. The summed E-state index contributed by atoms with van der Waals surface area (Å²) in [6.45, 7) is 0.796. The topological polar surface area (TPSA) is 56.3 Å². The van der Waals surface area contributed by atoms with Crippen molar-refractivity contribution in [2.45, 2.75) is 6.42 Å². The molecule has 3 aromatic rings. The van der Waals surface area contributed by atoms with Crippen molar-refractivity contribution in [2.24, 2.45) is 0 Å². The fraction of sp³-hybridized carbons (Fsp3) is 0.222. The fourth-order valence-electron chi connectivity index (χ4n) is 2.52. The molecule has 0 spiro atoms. The number of fused-ring (bicyclic) bond motifs is 1. The lowest BCUT2D eigenvalue weighted by Gasteiger charge is -2.11. The van der Waals surface area contributed by atoms with Crippen LogP contribution in [0.2, 0.25) is 0 Å². The van der Waals surface area contributed by atoms with Crippen LogP contribution in [0.4, 0.5) is 5.69 Å². The highest BCUT2D eigenvalue weighted by Crippen LogP contribution is 2.32. The van der Waals surface area contributed by atoms with Crippen molar-refractivity contribution in [1.29, 1.82) is 0 Å². The van der Waals surface area contributed by atoms with Crippen LogP contribution in [-0.2, 0) is 6.42 Å². The Bertz CT molecular complexity index is 791. The molecule has 0 bridgehead atoms. The maximum Gasteiger partial charge on any atom is 0.162 e. The summed E-state index contributed by atoms with van der Waals surface area (Å²) in [4.78, 5) is 8.75. The minimum atomic E-state index is 0.673. The molecule has 0 aliphatic rings. The van der Waals surface area contributed by atoms with Gasteiger partial charge in [0.15, 0.2) is 11.5 Å². The molecule has 0 saturated carbocycles. The summed E-state index contributed by atoms with van der Waals surface area (Å²) in [5, 5.41) is 4.38. The lowest BCUT2D eigenvalue weighted by atomic mass is 10.1. The van der Waals surface area contributed by atoms with Gasteiger partial charge in [0.25, 0.3) is 0 Å². The Kier molecular flexibility index (Phi) is 4.57. The number of methoxy groups -OCH3 is 2. The number of hydrogen-bond donors (Lipinski definition) is 1. The quantitative estimate of drug-likeness (QED) is 0.757. The molecule has 0 unspecified atom stereocenters. The van der Waals surface area contributed by atoms with Crippen LogP contribution in [0.25, 0.3) is 10.9 Å². The van der Waals surface area contributed by atoms with Crippen LogP contribution < -0.4 is 14.8 Å². The van der Waals surface area contributed by atoms with Gasteiger partial charge in [0.1, 0.15) is 6.33 Å². The van der Waals surface area contributed by atoms with Crippen molar-refractivity contribution >= 4 is 16.6 Å². The first-order chi connectivity index (χ1) is 11.3. The van der Waals surface area contributed by atoms with E-state index in [0.29, 0.717) is 11.5 Å². The molecule has 5 heteroatoms. The van der Waals surface area contributed by atoms with Crippen molar-refractivity contribution in [3.63, 3.8) is 0 Å². The van der Waals surface area contributed by atoms with Crippen LogP contribution in [0.3, 0.4) is 0 Å². The van der Waals surface area contributed by atoms with E-state index in [1.165, 1.54) is 0 Å². The summed E-state index contributed by atoms with van der Waals surface area (Å²) in [5.74, 6) is 1.36. The molecule has 0 aliphatic heterocycles. The number of anilines is 1. The Morgan fingerprint density at radius 1 is 0.957 bits per heavy atom. The number of nitrogens with one attached hydrogen (secondary N) is 1. The molecule has 0 amide bonds. The first-order valence-electron chi connectivity index (χ1n) is 7.46. The molecule has 0 fully saturated rings.